The molecule has 0 radical (unpaired) electrons. The SMILES string of the molecule is COc1ccc(F)c2[nH]cc(Br)c(=O)c12. The van der Waals surface area contributed by atoms with Gasteiger partial charge in [-0.2, -0.15) is 0 Å². The Balaban J connectivity index is 3.02. The molecule has 2 aromatic rings. The minimum atomic E-state index is -0.476. The van der Waals surface area contributed by atoms with Crippen LogP contribution in [0.4, 0.5) is 4.39 Å². The number of aromatic nitrogens is 1. The van der Waals surface area contributed by atoms with E-state index in [1.807, 2.05) is 0 Å². The fourth-order valence-electron chi connectivity index (χ4n) is 1.42. The number of fused-ring (bicyclic) bond motifs is 1. The first-order chi connectivity index (χ1) is 7.15. The van der Waals surface area contributed by atoms with Crippen molar-refractivity contribution in [2.24, 2.45) is 0 Å². The molecule has 0 spiro atoms. The normalized spacial score (nSPS) is 10.6. The number of methoxy groups -OCH3 is 1. The fourth-order valence-corrected chi connectivity index (χ4v) is 1.73. The number of nitrogens with one attached hydrogen (secondary N) is 1. The molecule has 0 aliphatic heterocycles. The lowest BCUT2D eigenvalue weighted by molar-refractivity contribution is 0.419. The zero-order valence-electron chi connectivity index (χ0n) is 7.80. The van der Waals surface area contributed by atoms with Crippen LogP contribution < -0.4 is 10.2 Å². The van der Waals surface area contributed by atoms with Gasteiger partial charge in [0.2, 0.25) is 5.43 Å². The van der Waals surface area contributed by atoms with Crippen molar-refractivity contribution in [3.63, 3.8) is 0 Å². The van der Waals surface area contributed by atoms with Crippen LogP contribution in [0.15, 0.2) is 27.6 Å². The van der Waals surface area contributed by atoms with Crippen molar-refractivity contribution < 1.29 is 9.13 Å². The topological polar surface area (TPSA) is 42.1 Å². The monoisotopic (exact) mass is 271 g/mol. The third-order valence-corrected chi connectivity index (χ3v) is 2.71. The minimum absolute atomic E-state index is 0.155. The summed E-state index contributed by atoms with van der Waals surface area (Å²) in [6, 6.07) is 2.68. The molecule has 0 amide bonds. The van der Waals surface area contributed by atoms with Gasteiger partial charge in [0, 0.05) is 6.20 Å². The molecule has 0 saturated heterocycles. The van der Waals surface area contributed by atoms with E-state index in [9.17, 15) is 9.18 Å². The van der Waals surface area contributed by atoms with E-state index in [1.54, 1.807) is 0 Å². The summed E-state index contributed by atoms with van der Waals surface area (Å²) in [6.07, 6.45) is 1.41. The molecule has 0 atom stereocenters. The summed E-state index contributed by atoms with van der Waals surface area (Å²) < 4.78 is 18.7. The standard InChI is InChI=1S/C10H7BrFNO2/c1-15-7-3-2-6(12)9-8(7)10(14)5(11)4-13-9/h2-4H,1H3,(H,13,14). The van der Waals surface area contributed by atoms with E-state index in [4.69, 9.17) is 4.74 Å². The van der Waals surface area contributed by atoms with E-state index >= 15 is 0 Å². The molecule has 78 valence electrons. The first-order valence-electron chi connectivity index (χ1n) is 4.18. The van der Waals surface area contributed by atoms with Gasteiger partial charge < -0.3 is 9.72 Å². The van der Waals surface area contributed by atoms with Crippen LogP contribution in [0.2, 0.25) is 0 Å². The summed E-state index contributed by atoms with van der Waals surface area (Å²) in [5.41, 5.74) is -0.136. The second-order valence-corrected chi connectivity index (χ2v) is 3.82. The number of rotatable bonds is 1. The van der Waals surface area contributed by atoms with Crippen LogP contribution in [0, 0.1) is 5.82 Å². The Hall–Kier alpha value is -1.36. The number of ether oxygens (including phenoxy) is 1. The first-order valence-corrected chi connectivity index (χ1v) is 4.98. The van der Waals surface area contributed by atoms with Gasteiger partial charge in [-0.25, -0.2) is 4.39 Å². The summed E-state index contributed by atoms with van der Waals surface area (Å²) in [7, 11) is 1.44. The number of halogens is 2. The highest BCUT2D eigenvalue weighted by Gasteiger charge is 2.11. The van der Waals surface area contributed by atoms with Gasteiger partial charge in [-0.1, -0.05) is 0 Å². The van der Waals surface area contributed by atoms with Crippen molar-refractivity contribution in [1.29, 1.82) is 0 Å². The summed E-state index contributed by atoms with van der Waals surface area (Å²) in [5, 5.41) is 0.215. The second kappa shape index (κ2) is 3.66. The van der Waals surface area contributed by atoms with Crippen LogP contribution in [-0.2, 0) is 0 Å². The summed E-state index contributed by atoms with van der Waals surface area (Å²) in [4.78, 5) is 14.4. The molecule has 0 fully saturated rings. The van der Waals surface area contributed by atoms with E-state index in [0.29, 0.717) is 10.2 Å². The third kappa shape index (κ3) is 1.52. The number of H-pyrrole nitrogens is 1. The lowest BCUT2D eigenvalue weighted by atomic mass is 10.2. The van der Waals surface area contributed by atoms with Gasteiger partial charge in [0.1, 0.15) is 11.6 Å². The molecule has 1 aromatic carbocycles. The van der Waals surface area contributed by atoms with E-state index in [-0.39, 0.29) is 16.3 Å². The number of pyridine rings is 1. The number of aromatic amines is 1. The van der Waals surface area contributed by atoms with Crippen LogP contribution in [0.1, 0.15) is 0 Å². The predicted molar refractivity (Wildman–Crippen MR) is 58.8 cm³/mol. The van der Waals surface area contributed by atoms with Gasteiger partial charge in [-0.3, -0.25) is 4.79 Å². The number of benzene rings is 1. The zero-order chi connectivity index (χ0) is 11.0. The summed E-state index contributed by atoms with van der Waals surface area (Å²) >= 11 is 3.08. The Bertz CT molecular complexity index is 579. The molecule has 0 saturated carbocycles. The van der Waals surface area contributed by atoms with E-state index < -0.39 is 5.82 Å². The predicted octanol–water partition coefficient (Wildman–Crippen LogP) is 2.44. The van der Waals surface area contributed by atoms with E-state index in [2.05, 4.69) is 20.9 Å². The van der Waals surface area contributed by atoms with Crippen LogP contribution in [0.3, 0.4) is 0 Å². The third-order valence-electron chi connectivity index (χ3n) is 2.12. The van der Waals surface area contributed by atoms with Crippen molar-refractivity contribution in [3.8, 4) is 5.75 Å². The van der Waals surface area contributed by atoms with Gasteiger partial charge in [0.15, 0.2) is 0 Å². The first kappa shape index (κ1) is 10.2. The summed E-state index contributed by atoms with van der Waals surface area (Å²) in [6.45, 7) is 0. The largest absolute Gasteiger partial charge is 0.496 e. The zero-order valence-corrected chi connectivity index (χ0v) is 9.39. The molecule has 0 aliphatic rings. The molecule has 1 aromatic heterocycles. The van der Waals surface area contributed by atoms with Crippen molar-refractivity contribution in [1.82, 2.24) is 4.98 Å². The molecule has 15 heavy (non-hydrogen) atoms. The van der Waals surface area contributed by atoms with Crippen LogP contribution in [0.25, 0.3) is 10.9 Å². The number of hydrogen-bond acceptors (Lipinski definition) is 2. The maximum atomic E-state index is 13.4. The molecule has 1 heterocycles. The minimum Gasteiger partial charge on any atom is -0.496 e. The van der Waals surface area contributed by atoms with Crippen LogP contribution in [0.5, 0.6) is 5.75 Å². The smallest absolute Gasteiger partial charge is 0.207 e. The Labute approximate surface area is 93.0 Å². The second-order valence-electron chi connectivity index (χ2n) is 2.97. The summed E-state index contributed by atoms with van der Waals surface area (Å²) in [5.74, 6) is -0.121. The molecule has 3 nitrogen and oxygen atoms in total. The van der Waals surface area contributed by atoms with Crippen molar-refractivity contribution in [2.75, 3.05) is 7.11 Å². The van der Waals surface area contributed by atoms with E-state index in [0.717, 1.165) is 0 Å². The Morgan fingerprint density at radius 1 is 1.47 bits per heavy atom. The Kier molecular flexibility index (Phi) is 2.48. The highest BCUT2D eigenvalue weighted by atomic mass is 79.9. The van der Waals surface area contributed by atoms with Crippen molar-refractivity contribution in [2.45, 2.75) is 0 Å². The van der Waals surface area contributed by atoms with Crippen LogP contribution >= 0.6 is 15.9 Å². The molecular formula is C10H7BrFNO2. The molecule has 5 heteroatoms. The molecule has 2 rings (SSSR count). The maximum Gasteiger partial charge on any atom is 0.207 e. The average Bonchev–Trinajstić information content (AvgIpc) is 2.24. The van der Waals surface area contributed by atoms with Crippen LogP contribution in [-0.4, -0.2) is 12.1 Å². The Morgan fingerprint density at radius 2 is 2.20 bits per heavy atom. The van der Waals surface area contributed by atoms with Gasteiger partial charge in [0.25, 0.3) is 0 Å². The molecule has 1 N–H and O–H groups in total. The fraction of sp³-hybridized carbons (Fsp3) is 0.100. The quantitative estimate of drug-likeness (QED) is 0.866. The lowest BCUT2D eigenvalue weighted by Gasteiger charge is -2.05. The van der Waals surface area contributed by atoms with Gasteiger partial charge >= 0.3 is 0 Å². The number of hydrogen-bond donors (Lipinski definition) is 1. The average molecular weight is 272 g/mol. The lowest BCUT2D eigenvalue weighted by Crippen LogP contribution is -2.06. The van der Waals surface area contributed by atoms with Gasteiger partial charge in [0.05, 0.1) is 22.5 Å². The molecule has 0 bridgehead atoms. The van der Waals surface area contributed by atoms with Gasteiger partial charge in [-0.15, -0.1) is 0 Å². The highest BCUT2D eigenvalue weighted by Crippen LogP contribution is 2.24. The highest BCUT2D eigenvalue weighted by molar-refractivity contribution is 9.10. The maximum absolute atomic E-state index is 13.4. The Morgan fingerprint density at radius 3 is 2.87 bits per heavy atom. The van der Waals surface area contributed by atoms with Gasteiger partial charge in [-0.05, 0) is 28.1 Å². The molecule has 0 unspecified atom stereocenters. The molecule has 0 aliphatic carbocycles. The molecular weight excluding hydrogens is 265 g/mol. The van der Waals surface area contributed by atoms with Crippen molar-refractivity contribution in [3.05, 3.63) is 38.8 Å². The van der Waals surface area contributed by atoms with Crippen molar-refractivity contribution >= 4 is 26.8 Å². The van der Waals surface area contributed by atoms with E-state index in [1.165, 1.54) is 25.4 Å².